The number of hydrogen-bond acceptors (Lipinski definition) is 5. The lowest BCUT2D eigenvalue weighted by molar-refractivity contribution is 0.786. The van der Waals surface area contributed by atoms with Crippen molar-refractivity contribution in [3.63, 3.8) is 0 Å². The van der Waals surface area contributed by atoms with Gasteiger partial charge in [-0.3, -0.25) is 0 Å². The molecule has 6 nitrogen and oxygen atoms in total. The van der Waals surface area contributed by atoms with E-state index in [2.05, 4.69) is 19.9 Å². The van der Waals surface area contributed by atoms with Gasteiger partial charge in [0, 0.05) is 0 Å². The van der Waals surface area contributed by atoms with Gasteiger partial charge in [0.05, 0.1) is 18.6 Å². The third-order valence-corrected chi connectivity index (χ3v) is 2.92. The van der Waals surface area contributed by atoms with E-state index in [0.717, 1.165) is 5.69 Å². The van der Waals surface area contributed by atoms with Crippen molar-refractivity contribution in [2.75, 3.05) is 5.73 Å². The molecule has 0 saturated carbocycles. The van der Waals surface area contributed by atoms with Crippen LogP contribution in [0.5, 0.6) is 0 Å². The summed E-state index contributed by atoms with van der Waals surface area (Å²) in [6.45, 7) is 2.33. The minimum Gasteiger partial charge on any atom is -0.382 e. The van der Waals surface area contributed by atoms with Crippen LogP contribution in [0.2, 0.25) is 5.15 Å². The van der Waals surface area contributed by atoms with Crippen LogP contribution in [-0.2, 0) is 6.54 Å². The molecule has 0 aliphatic carbocycles. The lowest BCUT2D eigenvalue weighted by Gasteiger charge is -2.04. The topological polar surface area (TPSA) is 82.5 Å². The number of fused-ring (bicyclic) bond motifs is 1. The van der Waals surface area contributed by atoms with Crippen LogP contribution in [0.3, 0.4) is 0 Å². The second kappa shape index (κ2) is 4.47. The van der Waals surface area contributed by atoms with Gasteiger partial charge in [-0.1, -0.05) is 17.7 Å². The van der Waals surface area contributed by atoms with Crippen LogP contribution in [0, 0.1) is 6.92 Å². The van der Waals surface area contributed by atoms with Crippen molar-refractivity contribution in [3.8, 4) is 0 Å². The molecule has 3 aromatic heterocycles. The quantitative estimate of drug-likeness (QED) is 0.721. The molecule has 0 aromatic carbocycles. The normalized spacial score (nSPS) is 11.1. The fraction of sp³-hybridized carbons (Fsp3) is 0.167. The highest BCUT2D eigenvalue weighted by Crippen LogP contribution is 2.17. The predicted octanol–water partition coefficient (Wildman–Crippen LogP) is 1.81. The number of pyridine rings is 1. The van der Waals surface area contributed by atoms with Gasteiger partial charge in [-0.05, 0) is 19.1 Å². The number of nitrogens with two attached hydrogens (primary N) is 1. The van der Waals surface area contributed by atoms with Crippen molar-refractivity contribution in [2.24, 2.45) is 0 Å². The maximum atomic E-state index is 5.87. The Bertz CT molecular complexity index is 751. The highest BCUT2D eigenvalue weighted by Gasteiger charge is 2.10. The van der Waals surface area contributed by atoms with Crippen LogP contribution in [0.1, 0.15) is 11.5 Å². The molecule has 0 atom stereocenters. The molecule has 0 amide bonds. The summed E-state index contributed by atoms with van der Waals surface area (Å²) in [5.41, 5.74) is 7.96. The number of hydrogen-bond donors (Lipinski definition) is 1. The molecule has 0 spiro atoms. The van der Waals surface area contributed by atoms with Gasteiger partial charge in [-0.15, -0.1) is 0 Å². The van der Waals surface area contributed by atoms with Crippen molar-refractivity contribution >= 4 is 28.6 Å². The minimum absolute atomic E-state index is 0.389. The van der Waals surface area contributed by atoms with Crippen LogP contribution in [0.4, 0.5) is 5.82 Å². The van der Waals surface area contributed by atoms with Crippen LogP contribution in [-0.4, -0.2) is 24.5 Å². The Morgan fingerprint density at radius 3 is 2.89 bits per heavy atom. The number of aromatic nitrogens is 5. The summed E-state index contributed by atoms with van der Waals surface area (Å²) in [4.78, 5) is 16.9. The van der Waals surface area contributed by atoms with Crippen molar-refractivity contribution in [1.82, 2.24) is 24.5 Å². The van der Waals surface area contributed by atoms with Crippen LogP contribution >= 0.6 is 11.6 Å². The largest absolute Gasteiger partial charge is 0.382 e. The zero-order valence-corrected chi connectivity index (χ0v) is 11.0. The van der Waals surface area contributed by atoms with Gasteiger partial charge in [0.25, 0.3) is 0 Å². The molecule has 3 heterocycles. The molecular formula is C12H11ClN6. The molecule has 0 fully saturated rings. The smallest absolute Gasteiger partial charge is 0.166 e. The standard InChI is InChI=1S/C12H11ClN6/c1-7-16-11(14)10-12(17-7)19(6-15-10)5-8-3-2-4-9(13)18-8/h2-4,6H,5H2,1H3,(H2,14,16,17). The zero-order chi connectivity index (χ0) is 13.4. The summed E-state index contributed by atoms with van der Waals surface area (Å²) in [6.07, 6.45) is 1.68. The van der Waals surface area contributed by atoms with E-state index in [-0.39, 0.29) is 0 Å². The fourth-order valence-corrected chi connectivity index (χ4v) is 2.09. The third kappa shape index (κ3) is 2.22. The first-order valence-corrected chi connectivity index (χ1v) is 6.07. The zero-order valence-electron chi connectivity index (χ0n) is 10.2. The average molecular weight is 275 g/mol. The van der Waals surface area contributed by atoms with E-state index in [0.29, 0.717) is 34.5 Å². The summed E-state index contributed by atoms with van der Waals surface area (Å²) in [5.74, 6) is 1.01. The highest BCUT2D eigenvalue weighted by molar-refractivity contribution is 6.29. The number of nitrogen functional groups attached to an aromatic ring is 1. The Kier molecular flexibility index (Phi) is 2.79. The molecule has 0 unspecified atom stereocenters. The molecule has 7 heteroatoms. The van der Waals surface area contributed by atoms with E-state index >= 15 is 0 Å². The predicted molar refractivity (Wildman–Crippen MR) is 72.8 cm³/mol. The van der Waals surface area contributed by atoms with Gasteiger partial charge in [0.15, 0.2) is 11.5 Å². The first-order chi connectivity index (χ1) is 9.13. The summed E-state index contributed by atoms with van der Waals surface area (Å²) in [6, 6.07) is 5.49. The molecule has 0 aliphatic rings. The van der Waals surface area contributed by atoms with Crippen LogP contribution in [0.25, 0.3) is 11.2 Å². The fourth-order valence-electron chi connectivity index (χ4n) is 1.91. The van der Waals surface area contributed by atoms with Crippen LogP contribution in [0.15, 0.2) is 24.5 Å². The average Bonchev–Trinajstić information content (AvgIpc) is 2.73. The lowest BCUT2D eigenvalue weighted by atomic mass is 10.3. The monoisotopic (exact) mass is 274 g/mol. The number of imidazole rings is 1. The van der Waals surface area contributed by atoms with E-state index < -0.39 is 0 Å². The molecular weight excluding hydrogens is 264 g/mol. The van der Waals surface area contributed by atoms with E-state index in [4.69, 9.17) is 17.3 Å². The molecule has 0 aliphatic heterocycles. The van der Waals surface area contributed by atoms with Gasteiger partial charge >= 0.3 is 0 Å². The number of anilines is 1. The van der Waals surface area contributed by atoms with E-state index in [1.165, 1.54) is 0 Å². The van der Waals surface area contributed by atoms with Crippen molar-refractivity contribution in [1.29, 1.82) is 0 Å². The van der Waals surface area contributed by atoms with E-state index in [1.54, 1.807) is 19.3 Å². The molecule has 0 saturated heterocycles. The molecule has 0 bridgehead atoms. The summed E-state index contributed by atoms with van der Waals surface area (Å²) >= 11 is 5.87. The summed E-state index contributed by atoms with van der Waals surface area (Å²) in [5, 5.41) is 0.465. The summed E-state index contributed by atoms with van der Waals surface area (Å²) in [7, 11) is 0. The van der Waals surface area contributed by atoms with Gasteiger partial charge in [0.1, 0.15) is 16.5 Å². The van der Waals surface area contributed by atoms with Gasteiger partial charge < -0.3 is 10.3 Å². The number of nitrogens with zero attached hydrogens (tertiary/aromatic N) is 5. The molecule has 0 radical (unpaired) electrons. The third-order valence-electron chi connectivity index (χ3n) is 2.71. The number of rotatable bonds is 2. The van der Waals surface area contributed by atoms with Crippen molar-refractivity contribution in [2.45, 2.75) is 13.5 Å². The lowest BCUT2D eigenvalue weighted by Crippen LogP contribution is -2.03. The highest BCUT2D eigenvalue weighted by atomic mass is 35.5. The first kappa shape index (κ1) is 11.9. The Balaban J connectivity index is 2.06. The second-order valence-electron chi connectivity index (χ2n) is 4.15. The Hall–Kier alpha value is -2.21. The molecule has 3 rings (SSSR count). The Labute approximate surface area is 114 Å². The maximum Gasteiger partial charge on any atom is 0.166 e. The van der Waals surface area contributed by atoms with Gasteiger partial charge in [0.2, 0.25) is 0 Å². The number of halogens is 1. The first-order valence-electron chi connectivity index (χ1n) is 5.70. The van der Waals surface area contributed by atoms with Gasteiger partial charge in [-0.2, -0.15) is 0 Å². The second-order valence-corrected chi connectivity index (χ2v) is 4.54. The van der Waals surface area contributed by atoms with Gasteiger partial charge in [-0.25, -0.2) is 19.9 Å². The summed E-state index contributed by atoms with van der Waals surface area (Å²) < 4.78 is 1.87. The SMILES string of the molecule is Cc1nc(N)c2ncn(Cc3cccc(Cl)n3)c2n1. The molecule has 96 valence electrons. The van der Waals surface area contributed by atoms with E-state index in [1.807, 2.05) is 16.7 Å². The minimum atomic E-state index is 0.389. The Morgan fingerprint density at radius 1 is 1.26 bits per heavy atom. The maximum absolute atomic E-state index is 5.87. The molecule has 19 heavy (non-hydrogen) atoms. The van der Waals surface area contributed by atoms with Crippen LogP contribution < -0.4 is 5.73 Å². The van der Waals surface area contributed by atoms with Crippen molar-refractivity contribution < 1.29 is 0 Å². The number of aryl methyl sites for hydroxylation is 1. The molecule has 3 aromatic rings. The van der Waals surface area contributed by atoms with Crippen molar-refractivity contribution in [3.05, 3.63) is 41.2 Å². The van der Waals surface area contributed by atoms with E-state index in [9.17, 15) is 0 Å². The molecule has 2 N–H and O–H groups in total. The Morgan fingerprint density at radius 2 is 2.11 bits per heavy atom.